The number of nitrogens with zero attached hydrogens (tertiary/aromatic N) is 4. The predicted molar refractivity (Wildman–Crippen MR) is 102 cm³/mol. The van der Waals surface area contributed by atoms with Crippen molar-refractivity contribution in [3.05, 3.63) is 65.2 Å². The number of aromatic nitrogens is 4. The third-order valence-corrected chi connectivity index (χ3v) is 4.87. The smallest absolute Gasteiger partial charge is 0.248 e. The molecule has 0 bridgehead atoms. The van der Waals surface area contributed by atoms with E-state index < -0.39 is 5.91 Å². The number of carbonyl (C=O) groups excluding carboxylic acids is 2. The van der Waals surface area contributed by atoms with E-state index >= 15 is 0 Å². The van der Waals surface area contributed by atoms with Crippen molar-refractivity contribution in [2.45, 2.75) is 31.8 Å². The molecule has 2 aromatic carbocycles. The summed E-state index contributed by atoms with van der Waals surface area (Å²) in [6.07, 6.45) is 3.02. The molecule has 0 fully saturated rings. The quantitative estimate of drug-likeness (QED) is 0.702. The zero-order chi connectivity index (χ0) is 19.5. The lowest BCUT2D eigenvalue weighted by atomic mass is 9.88. The van der Waals surface area contributed by atoms with Crippen molar-refractivity contribution in [3.8, 4) is 11.4 Å². The van der Waals surface area contributed by atoms with Crippen molar-refractivity contribution in [3.63, 3.8) is 0 Å². The normalized spacial score (nSPS) is 15.6. The molecule has 1 atom stereocenters. The van der Waals surface area contributed by atoms with Crippen LogP contribution in [0, 0.1) is 0 Å². The number of fused-ring (bicyclic) bond motifs is 1. The van der Waals surface area contributed by atoms with Crippen LogP contribution in [0.3, 0.4) is 0 Å². The van der Waals surface area contributed by atoms with Crippen LogP contribution in [0.4, 0.5) is 0 Å². The fourth-order valence-electron chi connectivity index (χ4n) is 3.48. The van der Waals surface area contributed by atoms with Gasteiger partial charge in [-0.2, -0.15) is 4.80 Å². The molecule has 28 heavy (non-hydrogen) atoms. The molecule has 4 rings (SSSR count). The molecule has 0 radical (unpaired) electrons. The first kappa shape index (κ1) is 17.8. The molecule has 0 saturated heterocycles. The number of rotatable bonds is 5. The molecule has 3 aromatic rings. The van der Waals surface area contributed by atoms with E-state index in [-0.39, 0.29) is 18.5 Å². The predicted octanol–water partition coefficient (Wildman–Crippen LogP) is 1.63. The molecule has 142 valence electrons. The van der Waals surface area contributed by atoms with Gasteiger partial charge in [0, 0.05) is 11.1 Å². The first-order chi connectivity index (χ1) is 13.6. The summed E-state index contributed by atoms with van der Waals surface area (Å²) in [5.41, 5.74) is 8.81. The number of nitrogens with two attached hydrogens (primary N) is 1. The number of aryl methyl sites for hydroxylation is 1. The van der Waals surface area contributed by atoms with Gasteiger partial charge in [0.25, 0.3) is 0 Å². The minimum atomic E-state index is -0.496. The molecule has 0 aliphatic heterocycles. The van der Waals surface area contributed by atoms with Gasteiger partial charge in [0.05, 0.1) is 6.04 Å². The summed E-state index contributed by atoms with van der Waals surface area (Å²) < 4.78 is 0. The van der Waals surface area contributed by atoms with Gasteiger partial charge in [0.2, 0.25) is 17.6 Å². The van der Waals surface area contributed by atoms with Crippen LogP contribution in [0.25, 0.3) is 11.4 Å². The summed E-state index contributed by atoms with van der Waals surface area (Å²) >= 11 is 0. The molecular weight excluding hydrogens is 356 g/mol. The maximum atomic E-state index is 12.5. The van der Waals surface area contributed by atoms with Crippen LogP contribution in [0.15, 0.2) is 48.5 Å². The SMILES string of the molecule is NC(=O)c1ccc(-c2nnn(CC(=O)N[C@H]3CCCc4ccccc43)n2)cc1. The number of tetrazole rings is 1. The van der Waals surface area contributed by atoms with Crippen LogP contribution >= 0.6 is 0 Å². The molecule has 1 aliphatic carbocycles. The second kappa shape index (κ2) is 7.59. The van der Waals surface area contributed by atoms with E-state index in [2.05, 4.69) is 32.9 Å². The van der Waals surface area contributed by atoms with Gasteiger partial charge >= 0.3 is 0 Å². The standard InChI is InChI=1S/C20H20N6O2/c21-19(28)14-8-10-15(11-9-14)20-23-25-26(24-20)12-18(27)22-17-7-3-5-13-4-1-2-6-16(13)17/h1-2,4,6,8-11,17H,3,5,7,12H2,(H2,21,28)(H,22,27)/t17-/m0/s1. The van der Waals surface area contributed by atoms with Crippen molar-refractivity contribution in [2.75, 3.05) is 0 Å². The van der Waals surface area contributed by atoms with E-state index in [9.17, 15) is 9.59 Å². The molecule has 8 heteroatoms. The van der Waals surface area contributed by atoms with E-state index in [0.29, 0.717) is 17.0 Å². The number of hydrogen-bond donors (Lipinski definition) is 2. The zero-order valence-electron chi connectivity index (χ0n) is 15.2. The molecule has 0 spiro atoms. The van der Waals surface area contributed by atoms with Gasteiger partial charge in [0.1, 0.15) is 6.54 Å². The van der Waals surface area contributed by atoms with Crippen LogP contribution in [0.2, 0.25) is 0 Å². The minimum Gasteiger partial charge on any atom is -0.366 e. The summed E-state index contributed by atoms with van der Waals surface area (Å²) in [5.74, 6) is -0.273. The lowest BCUT2D eigenvalue weighted by Crippen LogP contribution is -2.34. The number of benzene rings is 2. The highest BCUT2D eigenvalue weighted by Gasteiger charge is 2.21. The molecule has 1 aromatic heterocycles. The monoisotopic (exact) mass is 376 g/mol. The average molecular weight is 376 g/mol. The highest BCUT2D eigenvalue weighted by Crippen LogP contribution is 2.29. The van der Waals surface area contributed by atoms with Crippen molar-refractivity contribution < 1.29 is 9.59 Å². The highest BCUT2D eigenvalue weighted by molar-refractivity contribution is 5.93. The van der Waals surface area contributed by atoms with E-state index in [1.807, 2.05) is 12.1 Å². The van der Waals surface area contributed by atoms with E-state index in [4.69, 9.17) is 5.73 Å². The third-order valence-electron chi connectivity index (χ3n) is 4.87. The first-order valence-corrected chi connectivity index (χ1v) is 9.15. The summed E-state index contributed by atoms with van der Waals surface area (Å²) in [6.45, 7) is -0.00889. The molecule has 0 saturated carbocycles. The van der Waals surface area contributed by atoms with Crippen LogP contribution in [0.1, 0.15) is 40.4 Å². The molecule has 1 aliphatic rings. The number of carbonyl (C=O) groups is 2. The van der Waals surface area contributed by atoms with Crippen molar-refractivity contribution in [1.29, 1.82) is 0 Å². The summed E-state index contributed by atoms with van der Waals surface area (Å²) in [7, 11) is 0. The Balaban J connectivity index is 1.41. The number of hydrogen-bond acceptors (Lipinski definition) is 5. The summed E-state index contributed by atoms with van der Waals surface area (Å²) in [5, 5.41) is 15.3. The summed E-state index contributed by atoms with van der Waals surface area (Å²) in [4.78, 5) is 24.9. The van der Waals surface area contributed by atoms with Crippen LogP contribution in [0.5, 0.6) is 0 Å². The van der Waals surface area contributed by atoms with Crippen LogP contribution in [-0.2, 0) is 17.8 Å². The van der Waals surface area contributed by atoms with Gasteiger partial charge in [-0.25, -0.2) is 0 Å². The Morgan fingerprint density at radius 2 is 1.93 bits per heavy atom. The molecule has 3 N–H and O–H groups in total. The van der Waals surface area contributed by atoms with Crippen LogP contribution in [-0.4, -0.2) is 32.0 Å². The molecule has 1 heterocycles. The fraction of sp³-hybridized carbons (Fsp3) is 0.250. The lowest BCUT2D eigenvalue weighted by molar-refractivity contribution is -0.122. The zero-order valence-corrected chi connectivity index (χ0v) is 15.2. The first-order valence-electron chi connectivity index (χ1n) is 9.15. The van der Waals surface area contributed by atoms with E-state index in [0.717, 1.165) is 19.3 Å². The number of amides is 2. The van der Waals surface area contributed by atoms with E-state index in [1.165, 1.54) is 15.9 Å². The number of primary amides is 1. The average Bonchev–Trinajstić information content (AvgIpc) is 3.16. The van der Waals surface area contributed by atoms with Gasteiger partial charge in [-0.05, 0) is 47.7 Å². The third kappa shape index (κ3) is 3.75. The second-order valence-corrected chi connectivity index (χ2v) is 6.80. The molecule has 8 nitrogen and oxygen atoms in total. The van der Waals surface area contributed by atoms with Gasteiger partial charge < -0.3 is 11.1 Å². The second-order valence-electron chi connectivity index (χ2n) is 6.80. The minimum absolute atomic E-state index is 0.00889. The Morgan fingerprint density at radius 3 is 2.71 bits per heavy atom. The fourth-order valence-corrected chi connectivity index (χ4v) is 3.48. The largest absolute Gasteiger partial charge is 0.366 e. The molecular formula is C20H20N6O2. The van der Waals surface area contributed by atoms with Gasteiger partial charge in [-0.1, -0.05) is 36.4 Å². The van der Waals surface area contributed by atoms with Gasteiger partial charge in [-0.3, -0.25) is 9.59 Å². The van der Waals surface area contributed by atoms with Crippen molar-refractivity contribution >= 4 is 11.8 Å². The number of nitrogens with one attached hydrogen (secondary N) is 1. The topological polar surface area (TPSA) is 116 Å². The summed E-state index contributed by atoms with van der Waals surface area (Å²) in [6, 6.07) is 14.8. The lowest BCUT2D eigenvalue weighted by Gasteiger charge is -2.26. The highest BCUT2D eigenvalue weighted by atomic mass is 16.2. The van der Waals surface area contributed by atoms with Gasteiger partial charge in [-0.15, -0.1) is 10.2 Å². The maximum Gasteiger partial charge on any atom is 0.248 e. The van der Waals surface area contributed by atoms with Crippen molar-refractivity contribution in [2.24, 2.45) is 5.73 Å². The Kier molecular flexibility index (Phi) is 4.84. The van der Waals surface area contributed by atoms with Crippen LogP contribution < -0.4 is 11.1 Å². The Hall–Kier alpha value is -3.55. The Bertz CT molecular complexity index is 1010. The molecule has 2 amide bonds. The maximum absolute atomic E-state index is 12.5. The Morgan fingerprint density at radius 1 is 1.14 bits per heavy atom. The molecule has 0 unspecified atom stereocenters. The Labute approximate surface area is 161 Å². The van der Waals surface area contributed by atoms with Gasteiger partial charge in [0.15, 0.2) is 0 Å². The van der Waals surface area contributed by atoms with Crippen molar-refractivity contribution in [1.82, 2.24) is 25.5 Å². The van der Waals surface area contributed by atoms with E-state index in [1.54, 1.807) is 24.3 Å².